The standard InChI is InChI=1S/C20H26ClN3O3/c1-13(2)12-24-18(8-9-22-24)23-19(25)7-6-15-10-16(21)20(27-14(3)4)17(11-15)26-5/h6-11,13-14H,12H2,1-5H3,(H,23,25)/b7-6-. The van der Waals surface area contributed by atoms with Gasteiger partial charge in [-0.2, -0.15) is 5.10 Å². The van der Waals surface area contributed by atoms with E-state index >= 15 is 0 Å². The number of aromatic nitrogens is 2. The highest BCUT2D eigenvalue weighted by molar-refractivity contribution is 6.32. The van der Waals surface area contributed by atoms with E-state index < -0.39 is 0 Å². The number of carbonyl (C=O) groups excluding carboxylic acids is 1. The topological polar surface area (TPSA) is 65.4 Å². The highest BCUT2D eigenvalue weighted by atomic mass is 35.5. The summed E-state index contributed by atoms with van der Waals surface area (Å²) in [4.78, 5) is 12.2. The molecule has 2 rings (SSSR count). The summed E-state index contributed by atoms with van der Waals surface area (Å²) < 4.78 is 12.8. The maximum Gasteiger partial charge on any atom is 0.249 e. The molecule has 146 valence electrons. The number of hydrogen-bond acceptors (Lipinski definition) is 4. The molecule has 6 nitrogen and oxygen atoms in total. The first-order valence-electron chi connectivity index (χ1n) is 8.85. The van der Waals surface area contributed by atoms with E-state index in [4.69, 9.17) is 21.1 Å². The van der Waals surface area contributed by atoms with Gasteiger partial charge in [0, 0.05) is 18.7 Å². The van der Waals surface area contributed by atoms with Crippen molar-refractivity contribution in [2.24, 2.45) is 5.92 Å². The minimum Gasteiger partial charge on any atom is -0.493 e. The van der Waals surface area contributed by atoms with Crippen molar-refractivity contribution in [2.45, 2.75) is 40.3 Å². The van der Waals surface area contributed by atoms with E-state index in [1.54, 1.807) is 42.3 Å². The third-order valence-corrected chi connectivity index (χ3v) is 3.82. The van der Waals surface area contributed by atoms with Crippen LogP contribution in [0.3, 0.4) is 0 Å². The fourth-order valence-electron chi connectivity index (χ4n) is 2.46. The highest BCUT2D eigenvalue weighted by Gasteiger charge is 2.13. The van der Waals surface area contributed by atoms with E-state index in [0.29, 0.717) is 28.3 Å². The summed E-state index contributed by atoms with van der Waals surface area (Å²) >= 11 is 6.31. The van der Waals surface area contributed by atoms with E-state index in [0.717, 1.165) is 12.1 Å². The third-order valence-electron chi connectivity index (χ3n) is 3.54. The van der Waals surface area contributed by atoms with Gasteiger partial charge in [-0.3, -0.25) is 4.79 Å². The summed E-state index contributed by atoms with van der Waals surface area (Å²) in [5.74, 6) is 1.85. The Morgan fingerprint density at radius 3 is 2.70 bits per heavy atom. The van der Waals surface area contributed by atoms with Crippen molar-refractivity contribution in [2.75, 3.05) is 12.4 Å². The first-order chi connectivity index (χ1) is 12.8. The van der Waals surface area contributed by atoms with Gasteiger partial charge in [0.1, 0.15) is 5.82 Å². The van der Waals surface area contributed by atoms with Crippen LogP contribution in [0.15, 0.2) is 30.5 Å². The number of methoxy groups -OCH3 is 1. The van der Waals surface area contributed by atoms with E-state index in [2.05, 4.69) is 24.3 Å². The summed E-state index contributed by atoms with van der Waals surface area (Å²) in [7, 11) is 1.55. The first-order valence-corrected chi connectivity index (χ1v) is 9.23. The average Bonchev–Trinajstić information content (AvgIpc) is 3.00. The molecule has 0 saturated heterocycles. The lowest BCUT2D eigenvalue weighted by atomic mass is 10.2. The Labute approximate surface area is 165 Å². The fraction of sp³-hybridized carbons (Fsp3) is 0.400. The summed E-state index contributed by atoms with van der Waals surface area (Å²) in [6.45, 7) is 8.75. The van der Waals surface area contributed by atoms with Gasteiger partial charge >= 0.3 is 0 Å². The average molecular weight is 392 g/mol. The molecule has 1 heterocycles. The van der Waals surface area contributed by atoms with Crippen molar-refractivity contribution in [1.82, 2.24) is 9.78 Å². The Hall–Kier alpha value is -2.47. The molecule has 0 aliphatic rings. The van der Waals surface area contributed by atoms with Crippen LogP contribution in [0, 0.1) is 5.92 Å². The van der Waals surface area contributed by atoms with E-state index in [-0.39, 0.29) is 12.0 Å². The predicted molar refractivity (Wildman–Crippen MR) is 108 cm³/mol. The van der Waals surface area contributed by atoms with Crippen molar-refractivity contribution >= 4 is 29.4 Å². The zero-order valence-corrected chi connectivity index (χ0v) is 17.1. The number of rotatable bonds is 8. The maximum atomic E-state index is 12.2. The molecule has 0 radical (unpaired) electrons. The van der Waals surface area contributed by atoms with Crippen molar-refractivity contribution < 1.29 is 14.3 Å². The second-order valence-corrected chi connectivity index (χ2v) is 7.22. The van der Waals surface area contributed by atoms with Crippen LogP contribution >= 0.6 is 11.6 Å². The fourth-order valence-corrected chi connectivity index (χ4v) is 2.72. The molecule has 1 aromatic carbocycles. The molecular formula is C20H26ClN3O3. The number of nitrogens with zero attached hydrogens (tertiary/aromatic N) is 2. The lowest BCUT2D eigenvalue weighted by molar-refractivity contribution is -0.111. The Morgan fingerprint density at radius 2 is 2.07 bits per heavy atom. The molecule has 0 unspecified atom stereocenters. The van der Waals surface area contributed by atoms with Crippen molar-refractivity contribution in [3.8, 4) is 11.5 Å². The number of hydrogen-bond donors (Lipinski definition) is 1. The Balaban J connectivity index is 2.12. The lowest BCUT2D eigenvalue weighted by Gasteiger charge is -2.15. The highest BCUT2D eigenvalue weighted by Crippen LogP contribution is 2.37. The van der Waals surface area contributed by atoms with Crippen LogP contribution < -0.4 is 14.8 Å². The maximum absolute atomic E-state index is 12.2. The van der Waals surface area contributed by atoms with Crippen LogP contribution in [0.5, 0.6) is 11.5 Å². The van der Waals surface area contributed by atoms with Crippen molar-refractivity contribution in [1.29, 1.82) is 0 Å². The molecule has 0 atom stereocenters. The molecule has 0 saturated carbocycles. The van der Waals surface area contributed by atoms with E-state index in [9.17, 15) is 4.79 Å². The number of anilines is 1. The molecule has 0 bridgehead atoms. The van der Waals surface area contributed by atoms with Gasteiger partial charge in [-0.05, 0) is 43.5 Å². The van der Waals surface area contributed by atoms with Gasteiger partial charge in [0.15, 0.2) is 11.5 Å². The Morgan fingerprint density at radius 1 is 1.33 bits per heavy atom. The molecule has 0 aliphatic carbocycles. The molecule has 1 N–H and O–H groups in total. The van der Waals surface area contributed by atoms with Crippen LogP contribution in [0.4, 0.5) is 5.82 Å². The number of carbonyl (C=O) groups is 1. The molecule has 27 heavy (non-hydrogen) atoms. The first kappa shape index (κ1) is 20.8. The minimum absolute atomic E-state index is 0.0285. The van der Waals surface area contributed by atoms with Gasteiger partial charge in [-0.15, -0.1) is 0 Å². The zero-order valence-electron chi connectivity index (χ0n) is 16.3. The normalized spacial score (nSPS) is 11.4. The van der Waals surface area contributed by atoms with Crippen LogP contribution in [0.25, 0.3) is 6.08 Å². The number of amides is 1. The third kappa shape index (κ3) is 6.03. The van der Waals surface area contributed by atoms with E-state index in [1.165, 1.54) is 6.08 Å². The molecule has 0 aliphatic heterocycles. The number of ether oxygens (including phenoxy) is 2. The molecule has 0 fully saturated rings. The molecule has 7 heteroatoms. The predicted octanol–water partition coefficient (Wildman–Crippen LogP) is 4.64. The summed E-state index contributed by atoms with van der Waals surface area (Å²) in [6.07, 6.45) is 4.76. The van der Waals surface area contributed by atoms with Crippen LogP contribution in [-0.4, -0.2) is 28.9 Å². The summed E-state index contributed by atoms with van der Waals surface area (Å²) in [6, 6.07) is 5.27. The van der Waals surface area contributed by atoms with Gasteiger partial charge in [0.2, 0.25) is 5.91 Å². The van der Waals surface area contributed by atoms with Gasteiger partial charge < -0.3 is 14.8 Å². The minimum atomic E-state index is -0.252. The molecule has 1 amide bonds. The smallest absolute Gasteiger partial charge is 0.249 e. The van der Waals surface area contributed by atoms with Crippen LogP contribution in [0.1, 0.15) is 33.3 Å². The van der Waals surface area contributed by atoms with Crippen LogP contribution in [0.2, 0.25) is 5.02 Å². The Bertz CT molecular complexity index is 813. The summed E-state index contributed by atoms with van der Waals surface area (Å²) in [5.41, 5.74) is 0.735. The second-order valence-electron chi connectivity index (χ2n) is 6.82. The number of benzene rings is 1. The Kier molecular flexibility index (Phi) is 7.30. The van der Waals surface area contributed by atoms with Gasteiger partial charge in [0.05, 0.1) is 24.4 Å². The quantitative estimate of drug-likeness (QED) is 0.665. The van der Waals surface area contributed by atoms with Gasteiger partial charge in [-0.1, -0.05) is 25.4 Å². The van der Waals surface area contributed by atoms with Gasteiger partial charge in [-0.25, -0.2) is 4.68 Å². The largest absolute Gasteiger partial charge is 0.493 e. The monoisotopic (exact) mass is 391 g/mol. The molecule has 2 aromatic rings. The molecule has 0 spiro atoms. The zero-order chi connectivity index (χ0) is 20.0. The van der Waals surface area contributed by atoms with Gasteiger partial charge in [0.25, 0.3) is 0 Å². The number of halogens is 1. The SMILES string of the molecule is COc1cc(/C=C\C(=O)Nc2ccnn2CC(C)C)cc(Cl)c1OC(C)C. The molecular weight excluding hydrogens is 366 g/mol. The molecule has 1 aromatic heterocycles. The van der Waals surface area contributed by atoms with Crippen molar-refractivity contribution in [3.05, 3.63) is 41.1 Å². The number of nitrogens with one attached hydrogen (secondary N) is 1. The van der Waals surface area contributed by atoms with E-state index in [1.807, 2.05) is 13.8 Å². The van der Waals surface area contributed by atoms with Crippen LogP contribution in [-0.2, 0) is 11.3 Å². The second kappa shape index (κ2) is 9.46. The lowest BCUT2D eigenvalue weighted by Crippen LogP contribution is -2.15. The van der Waals surface area contributed by atoms with Crippen molar-refractivity contribution in [3.63, 3.8) is 0 Å². The summed E-state index contributed by atoms with van der Waals surface area (Å²) in [5, 5.41) is 7.49.